The van der Waals surface area contributed by atoms with Crippen molar-refractivity contribution in [3.05, 3.63) is 62.5 Å². The van der Waals surface area contributed by atoms with Gasteiger partial charge in [0.1, 0.15) is 22.9 Å². The zero-order valence-electron chi connectivity index (χ0n) is 21.8. The largest absolute Gasteiger partial charge is 0.480 e. The first-order chi connectivity index (χ1) is 18.2. The molecular formula is C27H33ClN6O3S. The van der Waals surface area contributed by atoms with Crippen molar-refractivity contribution >= 4 is 40.5 Å². The number of carboxylic acid groups (broad SMARTS) is 1. The first-order valence-corrected chi connectivity index (χ1v) is 14.0. The van der Waals surface area contributed by atoms with E-state index in [-0.39, 0.29) is 12.3 Å². The fourth-order valence-electron chi connectivity index (χ4n) is 4.57. The number of rotatable bonds is 11. The van der Waals surface area contributed by atoms with E-state index in [9.17, 15) is 9.59 Å². The molecule has 2 aromatic heterocycles. The van der Waals surface area contributed by atoms with Gasteiger partial charge in [0.05, 0.1) is 12.1 Å². The highest BCUT2D eigenvalue weighted by molar-refractivity contribution is 7.15. The summed E-state index contributed by atoms with van der Waals surface area (Å²) in [5, 5.41) is 22.3. The molecule has 1 aromatic carbocycles. The first-order valence-electron chi connectivity index (χ1n) is 12.8. The Bertz CT molecular complexity index is 1350. The van der Waals surface area contributed by atoms with Crippen molar-refractivity contribution in [2.45, 2.75) is 71.4 Å². The summed E-state index contributed by atoms with van der Waals surface area (Å²) < 4.78 is 2.03. The third-order valence-corrected chi connectivity index (χ3v) is 8.26. The Kier molecular flexibility index (Phi) is 8.96. The van der Waals surface area contributed by atoms with Gasteiger partial charge in [-0.05, 0) is 51.3 Å². The van der Waals surface area contributed by atoms with Crippen LogP contribution < -0.4 is 11.1 Å². The van der Waals surface area contributed by atoms with Crippen LogP contribution in [0.15, 0.2) is 29.3 Å². The SMILES string of the molecule is Cc1sc2c(c1C)C(c1ccc(Cl)cc1)=N[C@@H](CC(=O)NCCCCCCC(N)C(=O)O)c1nnc(C)n1-2. The third kappa shape index (κ3) is 6.14. The Balaban J connectivity index is 1.50. The Hall–Kier alpha value is -3.08. The van der Waals surface area contributed by atoms with Crippen molar-refractivity contribution in [3.63, 3.8) is 0 Å². The number of aliphatic carboxylic acids is 1. The van der Waals surface area contributed by atoms with Crippen molar-refractivity contribution in [1.29, 1.82) is 0 Å². The van der Waals surface area contributed by atoms with Crippen LogP contribution in [0.2, 0.25) is 5.02 Å². The van der Waals surface area contributed by atoms with Gasteiger partial charge in [0, 0.05) is 27.6 Å². The zero-order chi connectivity index (χ0) is 27.4. The number of amides is 1. The number of carboxylic acids is 1. The molecule has 0 radical (unpaired) electrons. The maximum absolute atomic E-state index is 13.0. The van der Waals surface area contributed by atoms with Gasteiger partial charge in [-0.25, -0.2) is 0 Å². The molecule has 0 fully saturated rings. The van der Waals surface area contributed by atoms with Crippen molar-refractivity contribution in [3.8, 4) is 5.00 Å². The van der Waals surface area contributed by atoms with Gasteiger partial charge in [-0.15, -0.1) is 21.5 Å². The molecule has 0 spiro atoms. The molecule has 2 atom stereocenters. The monoisotopic (exact) mass is 556 g/mol. The number of aromatic nitrogens is 3. The third-order valence-electron chi connectivity index (χ3n) is 6.82. The number of hydrogen-bond donors (Lipinski definition) is 3. The molecule has 9 nitrogen and oxygen atoms in total. The number of benzene rings is 1. The number of nitrogens with two attached hydrogens (primary N) is 1. The topological polar surface area (TPSA) is 135 Å². The van der Waals surface area contributed by atoms with E-state index in [1.807, 2.05) is 35.8 Å². The van der Waals surface area contributed by atoms with Crippen molar-refractivity contribution < 1.29 is 14.7 Å². The number of carbonyl (C=O) groups is 2. The zero-order valence-corrected chi connectivity index (χ0v) is 23.4. The molecule has 0 saturated carbocycles. The highest BCUT2D eigenvalue weighted by Gasteiger charge is 2.32. The predicted molar refractivity (Wildman–Crippen MR) is 150 cm³/mol. The summed E-state index contributed by atoms with van der Waals surface area (Å²) in [6.45, 7) is 6.65. The van der Waals surface area contributed by atoms with Crippen LogP contribution in [0.1, 0.15) is 77.8 Å². The average Bonchev–Trinajstić information content (AvgIpc) is 3.35. The lowest BCUT2D eigenvalue weighted by molar-refractivity contribution is -0.138. The summed E-state index contributed by atoms with van der Waals surface area (Å²) in [7, 11) is 0. The van der Waals surface area contributed by atoms with E-state index < -0.39 is 18.1 Å². The second-order valence-corrected chi connectivity index (χ2v) is 11.2. The molecule has 1 amide bonds. The Morgan fingerprint density at radius 3 is 2.55 bits per heavy atom. The van der Waals surface area contributed by atoms with Crippen molar-refractivity contribution in [2.75, 3.05) is 6.54 Å². The molecule has 3 heterocycles. The minimum absolute atomic E-state index is 0.104. The molecule has 0 aliphatic carbocycles. The summed E-state index contributed by atoms with van der Waals surface area (Å²) in [6, 6.07) is 6.30. The fourth-order valence-corrected chi connectivity index (χ4v) is 5.91. The Labute approximate surface area is 231 Å². The Morgan fingerprint density at radius 1 is 1.13 bits per heavy atom. The minimum atomic E-state index is -0.968. The van der Waals surface area contributed by atoms with Crippen LogP contribution in [0, 0.1) is 20.8 Å². The van der Waals surface area contributed by atoms with Crippen LogP contribution >= 0.6 is 22.9 Å². The number of aliphatic imine (C=N–C) groups is 1. The molecule has 3 aromatic rings. The number of nitrogens with zero attached hydrogens (tertiary/aromatic N) is 4. The van der Waals surface area contributed by atoms with Crippen molar-refractivity contribution in [2.24, 2.45) is 10.7 Å². The number of thiophene rings is 1. The maximum atomic E-state index is 13.0. The van der Waals surface area contributed by atoms with Gasteiger partial charge in [-0.1, -0.05) is 43.0 Å². The van der Waals surface area contributed by atoms with E-state index in [1.165, 1.54) is 4.88 Å². The molecule has 1 unspecified atom stereocenters. The highest BCUT2D eigenvalue weighted by Crippen LogP contribution is 2.39. The number of carbonyl (C=O) groups excluding carboxylic acids is 1. The molecule has 11 heteroatoms. The van der Waals surface area contributed by atoms with E-state index in [2.05, 4.69) is 29.4 Å². The van der Waals surface area contributed by atoms with Crippen LogP contribution in [0.4, 0.5) is 0 Å². The number of halogens is 1. The average molecular weight is 557 g/mol. The van der Waals surface area contributed by atoms with Gasteiger partial charge in [0.25, 0.3) is 0 Å². The van der Waals surface area contributed by atoms with Gasteiger partial charge in [0.15, 0.2) is 5.82 Å². The summed E-state index contributed by atoms with van der Waals surface area (Å²) in [5.41, 5.74) is 9.47. The van der Waals surface area contributed by atoms with E-state index in [0.29, 0.717) is 23.8 Å². The van der Waals surface area contributed by atoms with E-state index >= 15 is 0 Å². The number of fused-ring (bicyclic) bond motifs is 3. The predicted octanol–water partition coefficient (Wildman–Crippen LogP) is 4.67. The number of unbranched alkanes of at least 4 members (excludes halogenated alkanes) is 3. The lowest BCUT2D eigenvalue weighted by Gasteiger charge is -2.13. The fraction of sp³-hybridized carbons (Fsp3) is 0.444. The first kappa shape index (κ1) is 27.9. The van der Waals surface area contributed by atoms with Gasteiger partial charge in [0.2, 0.25) is 5.91 Å². The molecule has 0 saturated heterocycles. The number of aryl methyl sites for hydroxylation is 2. The van der Waals surface area contributed by atoms with Crippen LogP contribution in [-0.4, -0.2) is 50.0 Å². The van der Waals surface area contributed by atoms with Crippen LogP contribution in [0.5, 0.6) is 0 Å². The number of nitrogens with one attached hydrogen (secondary N) is 1. The lowest BCUT2D eigenvalue weighted by Crippen LogP contribution is -2.29. The summed E-state index contributed by atoms with van der Waals surface area (Å²) in [6.07, 6.45) is 3.93. The summed E-state index contributed by atoms with van der Waals surface area (Å²) in [5.74, 6) is 0.332. The van der Waals surface area contributed by atoms with Crippen LogP contribution in [0.3, 0.4) is 0 Å². The molecule has 4 rings (SSSR count). The second kappa shape index (κ2) is 12.2. The summed E-state index contributed by atoms with van der Waals surface area (Å²) >= 11 is 7.84. The van der Waals surface area contributed by atoms with Crippen LogP contribution in [0.25, 0.3) is 5.00 Å². The van der Waals surface area contributed by atoms with Crippen molar-refractivity contribution in [1.82, 2.24) is 20.1 Å². The molecule has 1 aliphatic rings. The lowest BCUT2D eigenvalue weighted by atomic mass is 9.99. The van der Waals surface area contributed by atoms with Gasteiger partial charge >= 0.3 is 5.97 Å². The van der Waals surface area contributed by atoms with E-state index in [1.54, 1.807) is 11.3 Å². The second-order valence-electron chi connectivity index (χ2n) is 9.61. The van der Waals surface area contributed by atoms with Gasteiger partial charge < -0.3 is 16.2 Å². The quantitative estimate of drug-likeness (QED) is 0.294. The minimum Gasteiger partial charge on any atom is -0.480 e. The van der Waals surface area contributed by atoms with Gasteiger partial charge in [-0.2, -0.15) is 0 Å². The molecule has 1 aliphatic heterocycles. The highest BCUT2D eigenvalue weighted by atomic mass is 35.5. The normalized spacial score (nSPS) is 15.3. The van der Waals surface area contributed by atoms with Gasteiger partial charge in [-0.3, -0.25) is 19.1 Å². The van der Waals surface area contributed by atoms with E-state index in [0.717, 1.165) is 58.9 Å². The summed E-state index contributed by atoms with van der Waals surface area (Å²) in [4.78, 5) is 30.1. The molecule has 202 valence electrons. The maximum Gasteiger partial charge on any atom is 0.320 e. The smallest absolute Gasteiger partial charge is 0.320 e. The van der Waals surface area contributed by atoms with Crippen LogP contribution in [-0.2, 0) is 9.59 Å². The molecule has 4 N–H and O–H groups in total. The van der Waals surface area contributed by atoms with E-state index in [4.69, 9.17) is 27.4 Å². The standard InChI is InChI=1S/C27H33ClN6O3S/c1-15-16(2)38-26-23(15)24(18-9-11-19(28)12-10-18)31-21(25-33-32-17(3)34(25)26)14-22(35)30-13-7-5-4-6-8-20(29)27(36)37/h9-12,20-21H,4-8,13-14,29H2,1-3H3,(H,30,35)(H,36,37)/t20?,21-/m0/s1. The molecule has 0 bridgehead atoms. The molecule has 38 heavy (non-hydrogen) atoms. The Morgan fingerprint density at radius 2 is 1.84 bits per heavy atom. The number of hydrogen-bond acceptors (Lipinski definition) is 7. The molecular weight excluding hydrogens is 524 g/mol.